The fourth-order valence-electron chi connectivity index (χ4n) is 7.09. The third-order valence-electron chi connectivity index (χ3n) is 9.21. The first-order chi connectivity index (χ1) is 23.0. The van der Waals surface area contributed by atoms with Crippen LogP contribution in [0.2, 0.25) is 0 Å². The second-order valence-corrected chi connectivity index (χ2v) is 13.6. The Balaban J connectivity index is 1.21. The van der Waals surface area contributed by atoms with Gasteiger partial charge in [0.1, 0.15) is 11.5 Å². The van der Waals surface area contributed by atoms with Gasteiger partial charge >= 0.3 is 0 Å². The summed E-state index contributed by atoms with van der Waals surface area (Å²) in [7, 11) is 5.13. The highest BCUT2D eigenvalue weighted by Gasteiger charge is 2.39. The second-order valence-electron chi connectivity index (χ2n) is 11.6. The standard InChI is InChI=1S/C39H26N2O4S2/c1-40-19-30-31(38(40)42)20-41(39(30)43)32-15-7-12-24-22(9-5-13-26(24)32)21-8-4-11-25-23(21)10-6-14-27(25)33-18-29-35(45-3)36-28(16-17-46-36)34(44-2)37(29)47-33/h4-20H,1-3H3. The van der Waals surface area contributed by atoms with Crippen LogP contribution in [-0.4, -0.2) is 38.0 Å². The number of amides is 2. The van der Waals surface area contributed by atoms with Crippen molar-refractivity contribution in [3.63, 3.8) is 0 Å². The van der Waals surface area contributed by atoms with Crippen molar-refractivity contribution in [1.82, 2.24) is 4.90 Å². The first-order valence-corrected chi connectivity index (χ1v) is 16.8. The van der Waals surface area contributed by atoms with E-state index in [9.17, 15) is 9.59 Å². The van der Waals surface area contributed by atoms with Gasteiger partial charge in [-0.25, -0.2) is 0 Å². The fraction of sp³-hybridized carbons (Fsp3) is 0.0769. The van der Waals surface area contributed by atoms with Crippen molar-refractivity contribution in [2.45, 2.75) is 0 Å². The number of methoxy groups -OCH3 is 2. The molecule has 0 radical (unpaired) electrons. The van der Waals surface area contributed by atoms with Crippen LogP contribution in [0.1, 0.15) is 0 Å². The number of likely N-dealkylation sites (N-methyl/N-ethyl adjacent to an activating group) is 1. The molecule has 7 aromatic rings. The van der Waals surface area contributed by atoms with Crippen LogP contribution in [0.3, 0.4) is 0 Å². The first-order valence-electron chi connectivity index (χ1n) is 15.1. The lowest BCUT2D eigenvalue weighted by molar-refractivity contribution is -0.122. The Morgan fingerprint density at radius 2 is 1.19 bits per heavy atom. The number of hydrogen-bond acceptors (Lipinski definition) is 6. The van der Waals surface area contributed by atoms with Crippen molar-refractivity contribution in [1.29, 1.82) is 0 Å². The number of nitrogens with zero attached hydrogens (tertiary/aromatic N) is 2. The van der Waals surface area contributed by atoms with Gasteiger partial charge in [0.25, 0.3) is 11.8 Å². The average molecular weight is 651 g/mol. The van der Waals surface area contributed by atoms with Gasteiger partial charge in [-0.15, -0.1) is 22.7 Å². The van der Waals surface area contributed by atoms with E-state index in [1.54, 1.807) is 61.2 Å². The minimum absolute atomic E-state index is 0.168. The van der Waals surface area contributed by atoms with E-state index in [4.69, 9.17) is 9.47 Å². The van der Waals surface area contributed by atoms with Gasteiger partial charge in [-0.05, 0) is 56.4 Å². The third kappa shape index (κ3) is 3.89. The number of benzene rings is 5. The number of hydrogen-bond donors (Lipinski definition) is 0. The van der Waals surface area contributed by atoms with Crippen LogP contribution < -0.4 is 14.4 Å². The number of thiophene rings is 2. The normalized spacial score (nSPS) is 14.5. The molecular weight excluding hydrogens is 625 g/mol. The molecule has 0 atom stereocenters. The maximum atomic E-state index is 13.4. The largest absolute Gasteiger partial charge is 0.495 e. The molecule has 2 aliphatic rings. The molecule has 6 nitrogen and oxygen atoms in total. The fourth-order valence-corrected chi connectivity index (χ4v) is 9.25. The number of fused-ring (bicyclic) bond motifs is 5. The van der Waals surface area contributed by atoms with Crippen LogP contribution in [0.15, 0.2) is 114 Å². The van der Waals surface area contributed by atoms with E-state index in [-0.39, 0.29) is 11.8 Å². The average Bonchev–Trinajstić information content (AvgIpc) is 3.88. The van der Waals surface area contributed by atoms with E-state index >= 15 is 0 Å². The molecule has 228 valence electrons. The topological polar surface area (TPSA) is 59.1 Å². The Morgan fingerprint density at radius 3 is 1.89 bits per heavy atom. The zero-order chi connectivity index (χ0) is 32.0. The van der Waals surface area contributed by atoms with Crippen LogP contribution in [0.25, 0.3) is 63.3 Å². The van der Waals surface area contributed by atoms with Gasteiger partial charge < -0.3 is 14.4 Å². The van der Waals surface area contributed by atoms with E-state index in [1.807, 2.05) is 24.3 Å². The summed E-state index contributed by atoms with van der Waals surface area (Å²) in [5.41, 5.74) is 4.93. The van der Waals surface area contributed by atoms with Crippen molar-refractivity contribution < 1.29 is 19.1 Å². The molecule has 4 heterocycles. The number of rotatable bonds is 5. The SMILES string of the molecule is COc1c2cc(-c3cccc4c(-c5cccc6c(N7C=C8C(=O)N(C)C=C8C7=O)cccc56)cccc34)sc2c(OC)c2ccsc12. The van der Waals surface area contributed by atoms with Gasteiger partial charge in [-0.1, -0.05) is 66.7 Å². The quantitative estimate of drug-likeness (QED) is 0.186. The summed E-state index contributed by atoms with van der Waals surface area (Å²) in [5, 5.41) is 8.43. The highest BCUT2D eigenvalue weighted by atomic mass is 32.1. The molecule has 47 heavy (non-hydrogen) atoms. The summed E-state index contributed by atoms with van der Waals surface area (Å²) in [6, 6.07) is 29.4. The molecule has 2 amide bonds. The maximum absolute atomic E-state index is 13.4. The van der Waals surface area contributed by atoms with Crippen molar-refractivity contribution in [3.05, 3.63) is 114 Å². The van der Waals surface area contributed by atoms with Crippen molar-refractivity contribution in [2.75, 3.05) is 26.2 Å². The molecule has 0 fully saturated rings. The van der Waals surface area contributed by atoms with E-state index < -0.39 is 0 Å². The third-order valence-corrected chi connectivity index (χ3v) is 11.3. The van der Waals surface area contributed by atoms with E-state index in [0.29, 0.717) is 11.1 Å². The van der Waals surface area contributed by atoms with E-state index in [2.05, 4.69) is 66.0 Å². The van der Waals surface area contributed by atoms with Crippen LogP contribution in [-0.2, 0) is 9.59 Å². The summed E-state index contributed by atoms with van der Waals surface area (Å²) >= 11 is 3.38. The zero-order valence-corrected chi connectivity index (χ0v) is 27.3. The lowest BCUT2D eigenvalue weighted by Crippen LogP contribution is -2.22. The molecule has 5 aromatic carbocycles. The molecule has 0 saturated heterocycles. The van der Waals surface area contributed by atoms with E-state index in [0.717, 1.165) is 80.5 Å². The highest BCUT2D eigenvalue weighted by molar-refractivity contribution is 7.23. The Morgan fingerprint density at radius 1 is 0.596 bits per heavy atom. The minimum Gasteiger partial charge on any atom is -0.495 e. The number of carbonyl (C=O) groups is 2. The van der Waals surface area contributed by atoms with Crippen molar-refractivity contribution in [2.24, 2.45) is 0 Å². The molecule has 0 N–H and O–H groups in total. The smallest absolute Gasteiger partial charge is 0.264 e. The maximum Gasteiger partial charge on any atom is 0.264 e. The summed E-state index contributed by atoms with van der Waals surface area (Å²) in [6.45, 7) is 0. The Kier molecular flexibility index (Phi) is 6.09. The number of carbonyl (C=O) groups excluding carboxylic acids is 2. The molecule has 0 saturated carbocycles. The van der Waals surface area contributed by atoms with Crippen LogP contribution >= 0.6 is 22.7 Å². The number of anilines is 1. The van der Waals surface area contributed by atoms with Crippen LogP contribution in [0.5, 0.6) is 11.5 Å². The Labute approximate surface area is 278 Å². The van der Waals surface area contributed by atoms with Crippen molar-refractivity contribution >= 4 is 81.9 Å². The summed E-state index contributed by atoms with van der Waals surface area (Å²) < 4.78 is 14.1. The summed E-state index contributed by atoms with van der Waals surface area (Å²) in [6.07, 6.45) is 3.29. The van der Waals surface area contributed by atoms with Gasteiger partial charge in [0.15, 0.2) is 0 Å². The van der Waals surface area contributed by atoms with Gasteiger partial charge in [-0.2, -0.15) is 0 Å². The highest BCUT2D eigenvalue weighted by Crippen LogP contribution is 2.51. The molecule has 9 rings (SSSR count). The van der Waals surface area contributed by atoms with Gasteiger partial charge in [0, 0.05) is 40.5 Å². The summed E-state index contributed by atoms with van der Waals surface area (Å²) in [5.74, 6) is 1.40. The first kappa shape index (κ1) is 27.8. The Bertz CT molecular complexity index is 2520. The van der Waals surface area contributed by atoms with Gasteiger partial charge in [0.2, 0.25) is 0 Å². The molecule has 8 heteroatoms. The molecule has 2 aromatic heterocycles. The second kappa shape index (κ2) is 10.3. The zero-order valence-electron chi connectivity index (χ0n) is 25.7. The van der Waals surface area contributed by atoms with Crippen molar-refractivity contribution in [3.8, 4) is 33.1 Å². The van der Waals surface area contributed by atoms with Crippen LogP contribution in [0.4, 0.5) is 5.69 Å². The lowest BCUT2D eigenvalue weighted by Gasteiger charge is -2.19. The van der Waals surface area contributed by atoms with Crippen LogP contribution in [0, 0.1) is 0 Å². The monoisotopic (exact) mass is 650 g/mol. The molecular formula is C39H26N2O4S2. The predicted molar refractivity (Wildman–Crippen MR) is 193 cm³/mol. The molecule has 0 bridgehead atoms. The predicted octanol–water partition coefficient (Wildman–Crippen LogP) is 9.36. The van der Waals surface area contributed by atoms with E-state index in [1.165, 1.54) is 4.90 Å². The molecule has 0 unspecified atom stereocenters. The Hall–Kier alpha value is -5.44. The lowest BCUT2D eigenvalue weighted by atomic mass is 9.91. The van der Waals surface area contributed by atoms with Gasteiger partial charge in [0.05, 0.1) is 40.5 Å². The molecule has 2 aliphatic heterocycles. The molecule has 0 spiro atoms. The number of ether oxygens (including phenoxy) is 2. The van der Waals surface area contributed by atoms with Gasteiger partial charge in [-0.3, -0.25) is 14.5 Å². The molecule has 0 aliphatic carbocycles. The summed E-state index contributed by atoms with van der Waals surface area (Å²) in [4.78, 5) is 30.3. The minimum atomic E-state index is -0.193.